The molecule has 15 heavy (non-hydrogen) atoms. The van der Waals surface area contributed by atoms with Crippen LogP contribution < -0.4 is 0 Å². The Morgan fingerprint density at radius 1 is 1.47 bits per heavy atom. The Balaban J connectivity index is 3.24. The maximum atomic E-state index is 13.0. The lowest BCUT2D eigenvalue weighted by atomic mass is 9.96. The molecule has 0 amide bonds. The SMILES string of the molecule is CC(Cl)C(C)c1cc(F)ccc1[N+](=O)[O-]. The van der Waals surface area contributed by atoms with E-state index in [0.717, 1.165) is 6.07 Å². The summed E-state index contributed by atoms with van der Waals surface area (Å²) in [7, 11) is 0. The summed E-state index contributed by atoms with van der Waals surface area (Å²) in [5.41, 5.74) is 0.249. The van der Waals surface area contributed by atoms with Gasteiger partial charge in [-0.25, -0.2) is 4.39 Å². The number of hydrogen-bond donors (Lipinski definition) is 0. The molecular weight excluding hydrogens is 221 g/mol. The van der Waals surface area contributed by atoms with E-state index in [1.54, 1.807) is 13.8 Å². The number of nitro groups is 1. The molecule has 0 saturated carbocycles. The molecule has 0 bridgehead atoms. The molecule has 1 aromatic rings. The lowest BCUT2D eigenvalue weighted by molar-refractivity contribution is -0.385. The first-order valence-corrected chi connectivity index (χ1v) is 4.95. The predicted octanol–water partition coefficient (Wildman–Crippen LogP) is 3.46. The number of nitrogens with zero attached hydrogens (tertiary/aromatic N) is 1. The van der Waals surface area contributed by atoms with Gasteiger partial charge in [0.05, 0.1) is 4.92 Å². The van der Waals surface area contributed by atoms with Crippen LogP contribution in [0, 0.1) is 15.9 Å². The number of hydrogen-bond acceptors (Lipinski definition) is 2. The van der Waals surface area contributed by atoms with E-state index in [9.17, 15) is 14.5 Å². The Hall–Kier alpha value is -1.16. The molecule has 0 fully saturated rings. The van der Waals surface area contributed by atoms with Crippen molar-refractivity contribution in [2.75, 3.05) is 0 Å². The van der Waals surface area contributed by atoms with Crippen molar-refractivity contribution in [2.24, 2.45) is 0 Å². The molecule has 3 nitrogen and oxygen atoms in total. The molecule has 2 atom stereocenters. The van der Waals surface area contributed by atoms with Crippen LogP contribution in [0.15, 0.2) is 18.2 Å². The highest BCUT2D eigenvalue weighted by molar-refractivity contribution is 6.20. The number of benzene rings is 1. The van der Waals surface area contributed by atoms with E-state index in [4.69, 9.17) is 11.6 Å². The fourth-order valence-corrected chi connectivity index (χ4v) is 1.44. The Kier molecular flexibility index (Phi) is 3.63. The third kappa shape index (κ3) is 2.65. The van der Waals surface area contributed by atoms with Crippen LogP contribution in [0.25, 0.3) is 0 Å². The van der Waals surface area contributed by atoms with Gasteiger partial charge in [0.25, 0.3) is 5.69 Å². The minimum atomic E-state index is -0.523. The van der Waals surface area contributed by atoms with Gasteiger partial charge in [0.15, 0.2) is 0 Å². The summed E-state index contributed by atoms with van der Waals surface area (Å²) >= 11 is 5.85. The molecule has 0 aromatic heterocycles. The van der Waals surface area contributed by atoms with E-state index in [2.05, 4.69) is 0 Å². The number of rotatable bonds is 3. The Morgan fingerprint density at radius 2 is 2.07 bits per heavy atom. The third-order valence-corrected chi connectivity index (χ3v) is 2.74. The minimum Gasteiger partial charge on any atom is -0.258 e. The largest absolute Gasteiger partial charge is 0.273 e. The van der Waals surface area contributed by atoms with E-state index >= 15 is 0 Å². The smallest absolute Gasteiger partial charge is 0.258 e. The summed E-state index contributed by atoms with van der Waals surface area (Å²) in [5.74, 6) is -0.748. The van der Waals surface area contributed by atoms with E-state index in [0.29, 0.717) is 5.56 Å². The average Bonchev–Trinajstić information content (AvgIpc) is 2.15. The van der Waals surface area contributed by atoms with Gasteiger partial charge in [-0.2, -0.15) is 0 Å². The zero-order valence-electron chi connectivity index (χ0n) is 8.41. The summed E-state index contributed by atoms with van der Waals surface area (Å²) in [6, 6.07) is 3.41. The van der Waals surface area contributed by atoms with E-state index in [1.165, 1.54) is 12.1 Å². The Bertz CT molecular complexity index is 382. The van der Waals surface area contributed by atoms with Crippen molar-refractivity contribution >= 4 is 17.3 Å². The maximum Gasteiger partial charge on any atom is 0.273 e. The van der Waals surface area contributed by atoms with Gasteiger partial charge in [-0.15, -0.1) is 11.6 Å². The fraction of sp³-hybridized carbons (Fsp3) is 0.400. The van der Waals surface area contributed by atoms with Crippen molar-refractivity contribution in [3.8, 4) is 0 Å². The van der Waals surface area contributed by atoms with E-state index in [1.807, 2.05) is 0 Å². The highest BCUT2D eigenvalue weighted by Gasteiger charge is 2.22. The highest BCUT2D eigenvalue weighted by Crippen LogP contribution is 2.31. The van der Waals surface area contributed by atoms with Crippen LogP contribution in [-0.2, 0) is 0 Å². The van der Waals surface area contributed by atoms with Crippen molar-refractivity contribution in [1.82, 2.24) is 0 Å². The normalized spacial score (nSPS) is 14.7. The second kappa shape index (κ2) is 4.57. The number of halogens is 2. The highest BCUT2D eigenvalue weighted by atomic mass is 35.5. The Morgan fingerprint density at radius 3 is 2.53 bits per heavy atom. The molecular formula is C10H11ClFNO2. The first kappa shape index (κ1) is 11.9. The second-order valence-corrected chi connectivity index (χ2v) is 4.11. The summed E-state index contributed by atoms with van der Waals surface area (Å²) in [4.78, 5) is 10.2. The van der Waals surface area contributed by atoms with Gasteiger partial charge in [0, 0.05) is 22.9 Å². The maximum absolute atomic E-state index is 13.0. The van der Waals surface area contributed by atoms with Crippen molar-refractivity contribution < 1.29 is 9.31 Å². The number of nitro benzene ring substituents is 1. The molecule has 0 spiro atoms. The molecule has 82 valence electrons. The summed E-state index contributed by atoms with van der Waals surface area (Å²) in [5, 5.41) is 10.4. The van der Waals surface area contributed by atoms with Gasteiger partial charge in [0.2, 0.25) is 0 Å². The molecule has 0 radical (unpaired) electrons. The molecule has 1 aromatic carbocycles. The molecule has 1 rings (SSSR count). The molecule has 0 saturated heterocycles. The summed E-state index contributed by atoms with van der Waals surface area (Å²) < 4.78 is 13.0. The molecule has 0 aliphatic rings. The third-order valence-electron chi connectivity index (χ3n) is 2.37. The summed E-state index contributed by atoms with van der Waals surface area (Å²) in [6.45, 7) is 3.46. The molecule has 0 aliphatic heterocycles. The van der Waals surface area contributed by atoms with E-state index < -0.39 is 10.7 Å². The van der Waals surface area contributed by atoms with Crippen molar-refractivity contribution in [1.29, 1.82) is 0 Å². The zero-order chi connectivity index (χ0) is 11.6. The van der Waals surface area contributed by atoms with Crippen LogP contribution in [0.3, 0.4) is 0 Å². The zero-order valence-corrected chi connectivity index (χ0v) is 9.16. The molecule has 2 unspecified atom stereocenters. The van der Waals surface area contributed by atoms with Gasteiger partial charge in [-0.1, -0.05) is 6.92 Å². The van der Waals surface area contributed by atoms with Gasteiger partial charge >= 0.3 is 0 Å². The standard InChI is InChI=1S/C10H11ClFNO2/c1-6(7(2)11)9-5-8(12)3-4-10(9)13(14)15/h3-7H,1-2H3. The van der Waals surface area contributed by atoms with Crippen LogP contribution in [0.1, 0.15) is 25.3 Å². The second-order valence-electron chi connectivity index (χ2n) is 3.43. The van der Waals surface area contributed by atoms with Gasteiger partial charge in [-0.05, 0) is 19.1 Å². The minimum absolute atomic E-state index is 0.0867. The van der Waals surface area contributed by atoms with E-state index in [-0.39, 0.29) is 17.0 Å². The Labute approximate surface area is 92.0 Å². The molecule has 0 aliphatic carbocycles. The quantitative estimate of drug-likeness (QED) is 0.454. The molecule has 5 heteroatoms. The lowest BCUT2D eigenvalue weighted by Crippen LogP contribution is -2.08. The van der Waals surface area contributed by atoms with Crippen LogP contribution >= 0.6 is 11.6 Å². The molecule has 0 N–H and O–H groups in total. The first-order chi connectivity index (χ1) is 6.93. The van der Waals surface area contributed by atoms with Gasteiger partial charge in [0.1, 0.15) is 5.82 Å². The van der Waals surface area contributed by atoms with Gasteiger partial charge in [-0.3, -0.25) is 10.1 Å². The van der Waals surface area contributed by atoms with Crippen LogP contribution in [0.5, 0.6) is 0 Å². The van der Waals surface area contributed by atoms with Crippen molar-refractivity contribution in [3.05, 3.63) is 39.7 Å². The van der Waals surface area contributed by atoms with Gasteiger partial charge < -0.3 is 0 Å². The topological polar surface area (TPSA) is 43.1 Å². The lowest BCUT2D eigenvalue weighted by Gasteiger charge is -2.14. The predicted molar refractivity (Wildman–Crippen MR) is 56.8 cm³/mol. The fourth-order valence-electron chi connectivity index (χ4n) is 1.30. The average molecular weight is 232 g/mol. The summed E-state index contributed by atoms with van der Waals surface area (Å²) in [6.07, 6.45) is 0. The first-order valence-electron chi connectivity index (χ1n) is 4.51. The van der Waals surface area contributed by atoms with Crippen LogP contribution in [-0.4, -0.2) is 10.3 Å². The number of alkyl halides is 1. The molecule has 0 heterocycles. The monoisotopic (exact) mass is 231 g/mol. The van der Waals surface area contributed by atoms with Crippen LogP contribution in [0.4, 0.5) is 10.1 Å². The van der Waals surface area contributed by atoms with Crippen molar-refractivity contribution in [3.63, 3.8) is 0 Å². The van der Waals surface area contributed by atoms with Crippen LogP contribution in [0.2, 0.25) is 0 Å². The van der Waals surface area contributed by atoms with Crippen molar-refractivity contribution in [2.45, 2.75) is 25.1 Å².